The molecule has 0 aliphatic carbocycles. The number of para-hydroxylation sites is 2. The summed E-state index contributed by atoms with van der Waals surface area (Å²) in [5.41, 5.74) is 1.84. The third-order valence-electron chi connectivity index (χ3n) is 5.57. The highest BCUT2D eigenvalue weighted by Gasteiger charge is 2.36. The zero-order valence-corrected chi connectivity index (χ0v) is 17.0. The highest BCUT2D eigenvalue weighted by molar-refractivity contribution is 5.89. The number of quaternary nitrogens is 1. The van der Waals surface area contributed by atoms with Crippen LogP contribution in [-0.2, 0) is 9.59 Å². The van der Waals surface area contributed by atoms with Crippen molar-refractivity contribution in [1.29, 1.82) is 0 Å². The molecular weight excluding hydrogens is 366 g/mol. The smallest absolute Gasteiger partial charge is 0.275 e. The molecule has 6 heteroatoms. The summed E-state index contributed by atoms with van der Waals surface area (Å²) in [5.74, 6) is 1.33. The Balaban J connectivity index is 1.48. The molecule has 2 aromatic carbocycles. The Kier molecular flexibility index (Phi) is 5.53. The van der Waals surface area contributed by atoms with E-state index in [1.807, 2.05) is 67.3 Å². The second-order valence-corrected chi connectivity index (χ2v) is 8.09. The first-order valence-corrected chi connectivity index (χ1v) is 10.3. The van der Waals surface area contributed by atoms with Crippen LogP contribution in [0.3, 0.4) is 0 Å². The van der Waals surface area contributed by atoms with E-state index < -0.39 is 0 Å². The van der Waals surface area contributed by atoms with Gasteiger partial charge in [0.1, 0.15) is 11.5 Å². The number of carbonyl (C=O) groups excluding carboxylic acids is 2. The summed E-state index contributed by atoms with van der Waals surface area (Å²) >= 11 is 0. The molecule has 0 atom stereocenters. The van der Waals surface area contributed by atoms with E-state index in [0.717, 1.165) is 35.7 Å². The fourth-order valence-corrected chi connectivity index (χ4v) is 4.18. The van der Waals surface area contributed by atoms with Gasteiger partial charge in [-0.25, -0.2) is 0 Å². The largest absolute Gasteiger partial charge is 0.457 e. The molecule has 1 saturated heterocycles. The molecule has 0 radical (unpaired) electrons. The standard InChI is InChI=1S/C23H27N3O3/c1-16(2)24-21(27)15-25-11-13-26(14-12-25)23(28)22-17-7-3-5-9-19(17)29-20-10-6-4-8-18(20)22/h3-10,16,22H,11-15H2,1-2H3,(H,24,27)/p+1. The third-order valence-corrected chi connectivity index (χ3v) is 5.57. The number of fused-ring (bicyclic) bond motifs is 2. The highest BCUT2D eigenvalue weighted by atomic mass is 16.5. The van der Waals surface area contributed by atoms with E-state index in [2.05, 4.69) is 5.32 Å². The number of benzene rings is 2. The Morgan fingerprint density at radius 1 is 1.03 bits per heavy atom. The van der Waals surface area contributed by atoms with Crippen molar-refractivity contribution in [1.82, 2.24) is 10.2 Å². The van der Waals surface area contributed by atoms with Crippen molar-refractivity contribution in [2.24, 2.45) is 0 Å². The summed E-state index contributed by atoms with van der Waals surface area (Å²) in [5, 5.41) is 2.94. The molecule has 2 N–H and O–H groups in total. The quantitative estimate of drug-likeness (QED) is 0.819. The minimum absolute atomic E-state index is 0.0714. The molecule has 0 spiro atoms. The number of amides is 2. The van der Waals surface area contributed by atoms with Crippen LogP contribution in [0.5, 0.6) is 11.5 Å². The van der Waals surface area contributed by atoms with Crippen LogP contribution in [0.15, 0.2) is 48.5 Å². The Hall–Kier alpha value is -2.86. The number of ether oxygens (including phenoxy) is 1. The molecule has 29 heavy (non-hydrogen) atoms. The monoisotopic (exact) mass is 394 g/mol. The number of hydrogen-bond acceptors (Lipinski definition) is 3. The maximum atomic E-state index is 13.5. The van der Waals surface area contributed by atoms with Gasteiger partial charge >= 0.3 is 0 Å². The zero-order chi connectivity index (χ0) is 20.4. The summed E-state index contributed by atoms with van der Waals surface area (Å²) in [7, 11) is 0. The number of rotatable bonds is 4. The number of piperazine rings is 1. The zero-order valence-electron chi connectivity index (χ0n) is 17.0. The van der Waals surface area contributed by atoms with Crippen molar-refractivity contribution in [2.45, 2.75) is 25.8 Å². The van der Waals surface area contributed by atoms with Gasteiger partial charge in [-0.05, 0) is 26.0 Å². The maximum absolute atomic E-state index is 13.5. The van der Waals surface area contributed by atoms with Gasteiger partial charge in [0.15, 0.2) is 6.54 Å². The minimum Gasteiger partial charge on any atom is -0.457 e. The van der Waals surface area contributed by atoms with Gasteiger partial charge in [0.25, 0.3) is 5.91 Å². The summed E-state index contributed by atoms with van der Waals surface area (Å²) in [6.07, 6.45) is 0. The van der Waals surface area contributed by atoms with E-state index in [0.29, 0.717) is 19.6 Å². The molecule has 0 unspecified atom stereocenters. The minimum atomic E-state index is -0.345. The first-order chi connectivity index (χ1) is 14.0. The van der Waals surface area contributed by atoms with Gasteiger partial charge in [-0.15, -0.1) is 0 Å². The van der Waals surface area contributed by atoms with Gasteiger partial charge in [-0.3, -0.25) is 9.59 Å². The van der Waals surface area contributed by atoms with Gasteiger partial charge in [0.2, 0.25) is 5.91 Å². The van der Waals surface area contributed by atoms with E-state index in [4.69, 9.17) is 4.74 Å². The van der Waals surface area contributed by atoms with Gasteiger partial charge in [0, 0.05) is 17.2 Å². The van der Waals surface area contributed by atoms with Gasteiger partial charge in [-0.2, -0.15) is 0 Å². The van der Waals surface area contributed by atoms with Crippen molar-refractivity contribution in [3.05, 3.63) is 59.7 Å². The molecule has 0 bridgehead atoms. The maximum Gasteiger partial charge on any atom is 0.275 e. The summed E-state index contributed by atoms with van der Waals surface area (Å²) in [4.78, 5) is 28.7. The van der Waals surface area contributed by atoms with Gasteiger partial charge in [-0.1, -0.05) is 36.4 Å². The first kappa shape index (κ1) is 19.5. The molecule has 2 aromatic rings. The van der Waals surface area contributed by atoms with E-state index in [9.17, 15) is 9.59 Å². The molecule has 4 rings (SSSR count). The Morgan fingerprint density at radius 2 is 1.59 bits per heavy atom. The predicted molar refractivity (Wildman–Crippen MR) is 110 cm³/mol. The number of nitrogens with zero attached hydrogens (tertiary/aromatic N) is 1. The van der Waals surface area contributed by atoms with Gasteiger partial charge in [0.05, 0.1) is 32.1 Å². The van der Waals surface area contributed by atoms with Crippen LogP contribution in [-0.4, -0.2) is 55.5 Å². The predicted octanol–water partition coefficient (Wildman–Crippen LogP) is 1.18. The van der Waals surface area contributed by atoms with Crippen LogP contribution in [0.25, 0.3) is 0 Å². The van der Waals surface area contributed by atoms with Crippen LogP contribution in [0.1, 0.15) is 30.9 Å². The van der Waals surface area contributed by atoms with Gasteiger partial charge < -0.3 is 19.9 Å². The normalized spacial score (nSPS) is 16.7. The first-order valence-electron chi connectivity index (χ1n) is 10.3. The topological polar surface area (TPSA) is 63.1 Å². The lowest BCUT2D eigenvalue weighted by Gasteiger charge is -2.36. The highest BCUT2D eigenvalue weighted by Crippen LogP contribution is 2.44. The van der Waals surface area contributed by atoms with Crippen LogP contribution >= 0.6 is 0 Å². The molecular formula is C23H28N3O3+. The number of hydrogen-bond donors (Lipinski definition) is 2. The van der Waals surface area contributed by atoms with E-state index in [1.54, 1.807) is 0 Å². The average molecular weight is 394 g/mol. The van der Waals surface area contributed by atoms with Crippen molar-refractivity contribution in [3.8, 4) is 11.5 Å². The lowest BCUT2D eigenvalue weighted by Crippen LogP contribution is -3.16. The third kappa shape index (κ3) is 4.12. The molecule has 2 aliphatic heterocycles. The summed E-state index contributed by atoms with van der Waals surface area (Å²) in [6, 6.07) is 15.7. The number of nitrogens with one attached hydrogen (secondary N) is 2. The molecule has 2 heterocycles. The Bertz CT molecular complexity index is 858. The molecule has 2 aliphatic rings. The van der Waals surface area contributed by atoms with Crippen molar-refractivity contribution >= 4 is 11.8 Å². The second-order valence-electron chi connectivity index (χ2n) is 8.09. The van der Waals surface area contributed by atoms with Crippen LogP contribution in [0.4, 0.5) is 0 Å². The number of carbonyl (C=O) groups is 2. The van der Waals surface area contributed by atoms with Crippen LogP contribution in [0.2, 0.25) is 0 Å². The molecule has 6 nitrogen and oxygen atoms in total. The molecule has 1 fully saturated rings. The summed E-state index contributed by atoms with van der Waals surface area (Å²) in [6.45, 7) is 7.27. The average Bonchev–Trinajstić information content (AvgIpc) is 2.71. The molecule has 0 saturated carbocycles. The molecule has 152 valence electrons. The van der Waals surface area contributed by atoms with E-state index >= 15 is 0 Å². The van der Waals surface area contributed by atoms with Crippen LogP contribution < -0.4 is 15.0 Å². The SMILES string of the molecule is CC(C)NC(=O)C[NH+]1CCN(C(=O)C2c3ccccc3Oc3ccccc32)CC1. The lowest BCUT2D eigenvalue weighted by atomic mass is 9.86. The van der Waals surface area contributed by atoms with Crippen molar-refractivity contribution < 1.29 is 19.2 Å². The van der Waals surface area contributed by atoms with Crippen molar-refractivity contribution in [2.75, 3.05) is 32.7 Å². The fourth-order valence-electron chi connectivity index (χ4n) is 4.18. The fraction of sp³-hybridized carbons (Fsp3) is 0.391. The second kappa shape index (κ2) is 8.25. The van der Waals surface area contributed by atoms with Crippen LogP contribution in [0, 0.1) is 0 Å². The summed E-state index contributed by atoms with van der Waals surface area (Å²) < 4.78 is 6.02. The molecule has 2 amide bonds. The van der Waals surface area contributed by atoms with E-state index in [-0.39, 0.29) is 23.8 Å². The lowest BCUT2D eigenvalue weighted by molar-refractivity contribution is -0.896. The molecule has 0 aromatic heterocycles. The Morgan fingerprint density at radius 3 is 2.14 bits per heavy atom. The van der Waals surface area contributed by atoms with Crippen molar-refractivity contribution in [3.63, 3.8) is 0 Å². The van der Waals surface area contributed by atoms with E-state index in [1.165, 1.54) is 4.90 Å². The Labute approximate surface area is 171 Å².